The Morgan fingerprint density at radius 3 is 2.51 bits per heavy atom. The molecule has 0 spiro atoms. The Labute approximate surface area is 218 Å². The number of amides is 1. The first-order valence-electron chi connectivity index (χ1n) is 10.8. The molecule has 2 aromatic carbocycles. The van der Waals surface area contributed by atoms with Crippen molar-refractivity contribution in [2.75, 3.05) is 16.7 Å². The number of benzene rings is 2. The van der Waals surface area contributed by atoms with Crippen molar-refractivity contribution in [3.05, 3.63) is 81.8 Å². The van der Waals surface area contributed by atoms with Crippen molar-refractivity contribution >= 4 is 46.0 Å². The van der Waals surface area contributed by atoms with Gasteiger partial charge in [0.15, 0.2) is 0 Å². The second-order valence-electron chi connectivity index (χ2n) is 8.22. The highest BCUT2D eigenvalue weighted by Crippen LogP contribution is 2.33. The molecule has 7 nitrogen and oxygen atoms in total. The maximum atomic E-state index is 14.6. The summed E-state index contributed by atoms with van der Waals surface area (Å²) in [4.78, 5) is 16.0. The number of carbonyl (C=O) groups excluding carboxylic acids is 1. The van der Waals surface area contributed by atoms with Gasteiger partial charge in [-0.15, -0.1) is 0 Å². The molecular weight excluding hydrogens is 536 g/mol. The molecule has 3 aromatic rings. The van der Waals surface area contributed by atoms with E-state index in [1.807, 2.05) is 0 Å². The van der Waals surface area contributed by atoms with Crippen LogP contribution in [-0.2, 0) is 28.7 Å². The average molecular weight is 559 g/mol. The molecular formula is C24H23ClF4N4O3S. The SMILES string of the molecule is Cc1ccc(Cl)cc1Nc1nc(C(F)(F)F)ccc1CCC(C(N)=O)c1ccc(N(C)S(=O)O)c(F)c1. The van der Waals surface area contributed by atoms with Crippen LogP contribution in [0.2, 0.25) is 5.02 Å². The van der Waals surface area contributed by atoms with E-state index in [2.05, 4.69) is 10.3 Å². The number of pyridine rings is 1. The van der Waals surface area contributed by atoms with E-state index in [0.29, 0.717) is 21.8 Å². The maximum absolute atomic E-state index is 14.6. The second-order valence-corrected chi connectivity index (χ2v) is 9.66. The molecule has 13 heteroatoms. The maximum Gasteiger partial charge on any atom is 0.433 e. The molecule has 0 radical (unpaired) electrons. The van der Waals surface area contributed by atoms with E-state index in [1.54, 1.807) is 25.1 Å². The summed E-state index contributed by atoms with van der Waals surface area (Å²) in [6.07, 6.45) is -4.57. The van der Waals surface area contributed by atoms with E-state index in [1.165, 1.54) is 25.2 Å². The van der Waals surface area contributed by atoms with E-state index in [4.69, 9.17) is 17.3 Å². The first-order valence-corrected chi connectivity index (χ1v) is 12.3. The predicted molar refractivity (Wildman–Crippen MR) is 135 cm³/mol. The zero-order valence-electron chi connectivity index (χ0n) is 19.6. The van der Waals surface area contributed by atoms with Crippen LogP contribution in [0.3, 0.4) is 0 Å². The van der Waals surface area contributed by atoms with Crippen molar-refractivity contribution in [2.24, 2.45) is 5.73 Å². The lowest BCUT2D eigenvalue weighted by atomic mass is 9.91. The lowest BCUT2D eigenvalue weighted by Crippen LogP contribution is -2.23. The van der Waals surface area contributed by atoms with Crippen molar-refractivity contribution in [3.63, 3.8) is 0 Å². The Kier molecular flexibility index (Phi) is 8.77. The lowest BCUT2D eigenvalue weighted by Gasteiger charge is -2.19. The molecule has 1 aromatic heterocycles. The van der Waals surface area contributed by atoms with Gasteiger partial charge in [-0.25, -0.2) is 13.6 Å². The summed E-state index contributed by atoms with van der Waals surface area (Å²) in [7, 11) is 1.22. The number of hydrogen-bond donors (Lipinski definition) is 3. The standard InChI is InChI=1S/C24H23ClF4N4O3S/c1-13-3-7-16(25)12-19(13)31-23-14(6-10-21(32-23)24(27,28)29)4-8-17(22(30)34)15-5-9-20(18(26)11-15)33(2)37(35)36/h3,5-7,9-12,17H,4,8H2,1-2H3,(H2,30,34)(H,31,32)(H,35,36). The van der Waals surface area contributed by atoms with Gasteiger partial charge in [0.25, 0.3) is 11.3 Å². The van der Waals surface area contributed by atoms with Crippen LogP contribution in [0.15, 0.2) is 48.5 Å². The summed E-state index contributed by atoms with van der Waals surface area (Å²) in [5.74, 6) is -2.68. The number of anilines is 3. The summed E-state index contributed by atoms with van der Waals surface area (Å²) in [6.45, 7) is 1.75. The van der Waals surface area contributed by atoms with Crippen LogP contribution in [-0.4, -0.2) is 26.7 Å². The van der Waals surface area contributed by atoms with Crippen LogP contribution in [0.25, 0.3) is 0 Å². The van der Waals surface area contributed by atoms with E-state index in [9.17, 15) is 31.1 Å². The molecule has 0 aliphatic rings. The lowest BCUT2D eigenvalue weighted by molar-refractivity contribution is -0.141. The quantitative estimate of drug-likeness (QED) is 0.230. The van der Waals surface area contributed by atoms with Gasteiger partial charge in [0.1, 0.15) is 17.3 Å². The highest BCUT2D eigenvalue weighted by atomic mass is 35.5. The summed E-state index contributed by atoms with van der Waals surface area (Å²) >= 11 is 3.58. The highest BCUT2D eigenvalue weighted by Gasteiger charge is 2.33. The molecule has 0 fully saturated rings. The average Bonchev–Trinajstić information content (AvgIpc) is 2.81. The zero-order valence-corrected chi connectivity index (χ0v) is 21.2. The van der Waals surface area contributed by atoms with E-state index >= 15 is 0 Å². The summed E-state index contributed by atoms with van der Waals surface area (Å²) in [5, 5.41) is 3.27. The number of aromatic nitrogens is 1. The van der Waals surface area contributed by atoms with Crippen molar-refractivity contribution in [1.82, 2.24) is 4.98 Å². The molecule has 37 heavy (non-hydrogen) atoms. The van der Waals surface area contributed by atoms with Gasteiger partial charge in [-0.05, 0) is 66.8 Å². The minimum atomic E-state index is -4.68. The van der Waals surface area contributed by atoms with E-state index in [-0.39, 0.29) is 29.9 Å². The Bertz CT molecular complexity index is 1340. The van der Waals surface area contributed by atoms with Crippen LogP contribution in [0, 0.1) is 12.7 Å². The van der Waals surface area contributed by atoms with Crippen LogP contribution in [0.5, 0.6) is 0 Å². The summed E-state index contributed by atoms with van der Waals surface area (Å²) in [5.41, 5.74) is 6.04. The molecule has 0 bridgehead atoms. The fraction of sp³-hybridized carbons (Fsp3) is 0.250. The number of nitrogens with zero attached hydrogens (tertiary/aromatic N) is 2. The normalized spacial score (nSPS) is 13.2. The van der Waals surface area contributed by atoms with Crippen molar-refractivity contribution in [1.29, 1.82) is 0 Å². The molecule has 0 aliphatic carbocycles. The highest BCUT2D eigenvalue weighted by molar-refractivity contribution is 7.80. The topological polar surface area (TPSA) is 109 Å². The number of alkyl halides is 3. The van der Waals surface area contributed by atoms with Crippen molar-refractivity contribution < 1.29 is 31.1 Å². The molecule has 1 amide bonds. The van der Waals surface area contributed by atoms with Crippen LogP contribution >= 0.6 is 11.6 Å². The number of carbonyl (C=O) groups is 1. The van der Waals surface area contributed by atoms with Gasteiger partial charge in [0.2, 0.25) is 5.91 Å². The number of rotatable bonds is 9. The summed E-state index contributed by atoms with van der Waals surface area (Å²) in [6, 6.07) is 10.7. The Hall–Kier alpha value is -3.22. The van der Waals surface area contributed by atoms with E-state index in [0.717, 1.165) is 16.4 Å². The van der Waals surface area contributed by atoms with Crippen molar-refractivity contribution in [2.45, 2.75) is 31.9 Å². The van der Waals surface area contributed by atoms with Gasteiger partial charge in [-0.2, -0.15) is 13.2 Å². The fourth-order valence-corrected chi connectivity index (χ4v) is 4.15. The smallest absolute Gasteiger partial charge is 0.369 e. The fourth-order valence-electron chi connectivity index (χ4n) is 3.66. The number of halogens is 5. The monoisotopic (exact) mass is 558 g/mol. The third-order valence-electron chi connectivity index (χ3n) is 5.72. The van der Waals surface area contributed by atoms with E-state index < -0.39 is 40.8 Å². The van der Waals surface area contributed by atoms with Gasteiger partial charge >= 0.3 is 6.18 Å². The molecule has 0 saturated carbocycles. The van der Waals surface area contributed by atoms with Crippen LogP contribution in [0.1, 0.15) is 34.7 Å². The second kappa shape index (κ2) is 11.4. The molecule has 1 heterocycles. The predicted octanol–water partition coefficient (Wildman–Crippen LogP) is 5.72. The Balaban J connectivity index is 1.93. The molecule has 2 atom stereocenters. The number of nitrogens with two attached hydrogens (primary N) is 1. The van der Waals surface area contributed by atoms with Gasteiger partial charge in [-0.3, -0.25) is 13.7 Å². The molecule has 2 unspecified atom stereocenters. The first kappa shape index (κ1) is 28.4. The molecule has 3 rings (SSSR count). The number of primary amides is 1. The summed E-state index contributed by atoms with van der Waals surface area (Å²) < 4.78 is 75.9. The minimum absolute atomic E-state index is 0.0339. The zero-order chi connectivity index (χ0) is 27.5. The number of hydrogen-bond acceptors (Lipinski definition) is 4. The molecule has 0 saturated heterocycles. The Morgan fingerprint density at radius 2 is 1.92 bits per heavy atom. The Morgan fingerprint density at radius 1 is 1.22 bits per heavy atom. The minimum Gasteiger partial charge on any atom is -0.369 e. The third kappa shape index (κ3) is 6.96. The third-order valence-corrected chi connectivity index (χ3v) is 6.62. The van der Waals surface area contributed by atoms with Gasteiger partial charge < -0.3 is 11.1 Å². The molecule has 198 valence electrons. The van der Waals surface area contributed by atoms with Crippen molar-refractivity contribution in [3.8, 4) is 0 Å². The van der Waals surface area contributed by atoms with Crippen LogP contribution in [0.4, 0.5) is 34.8 Å². The van der Waals surface area contributed by atoms with Gasteiger partial charge in [0.05, 0.1) is 11.6 Å². The van der Waals surface area contributed by atoms with Gasteiger partial charge in [0, 0.05) is 17.8 Å². The van der Waals surface area contributed by atoms with Gasteiger partial charge in [-0.1, -0.05) is 29.8 Å². The molecule has 0 aliphatic heterocycles. The number of aryl methyl sites for hydroxylation is 2. The largest absolute Gasteiger partial charge is 0.433 e. The number of nitrogens with one attached hydrogen (secondary N) is 1. The van der Waals surface area contributed by atoms with Crippen LogP contribution < -0.4 is 15.4 Å². The first-order chi connectivity index (χ1) is 17.3. The molecule has 4 N–H and O–H groups in total.